The molecule has 0 aliphatic heterocycles. The maximum Gasteiger partial charge on any atom is 0.308 e. The Hall–Kier alpha value is -1.69. The molecule has 0 bridgehead atoms. The van der Waals surface area contributed by atoms with Gasteiger partial charge >= 0.3 is 5.97 Å². The average Bonchev–Trinajstić information content (AvgIpc) is 2.71. The van der Waals surface area contributed by atoms with Crippen molar-refractivity contribution in [1.82, 2.24) is 10.3 Å². The van der Waals surface area contributed by atoms with Crippen molar-refractivity contribution in [1.29, 1.82) is 0 Å². The van der Waals surface area contributed by atoms with Gasteiger partial charge in [-0.15, -0.1) is 11.3 Å². The molecule has 0 aliphatic rings. The van der Waals surface area contributed by atoms with Crippen LogP contribution in [0.2, 0.25) is 0 Å². The van der Waals surface area contributed by atoms with Crippen molar-refractivity contribution in [2.75, 3.05) is 0 Å². The van der Waals surface area contributed by atoms with Crippen LogP contribution in [0.4, 0.5) is 0 Å². The molecule has 2 atom stereocenters. The second kappa shape index (κ2) is 6.30. The first-order chi connectivity index (χ1) is 8.40. The summed E-state index contributed by atoms with van der Waals surface area (Å²) in [7, 11) is 0. The third-order valence-corrected chi connectivity index (χ3v) is 3.34. The Balaban J connectivity index is 2.51. The van der Waals surface area contributed by atoms with Crippen LogP contribution in [-0.2, 0) is 9.59 Å². The van der Waals surface area contributed by atoms with Gasteiger partial charge in [0.15, 0.2) is 0 Å². The van der Waals surface area contributed by atoms with Gasteiger partial charge in [0.25, 0.3) is 0 Å². The molecule has 0 spiro atoms. The smallest absolute Gasteiger partial charge is 0.308 e. The van der Waals surface area contributed by atoms with Crippen LogP contribution in [0.15, 0.2) is 11.5 Å². The fourth-order valence-corrected chi connectivity index (χ4v) is 1.81. The predicted molar refractivity (Wildman–Crippen MR) is 70.3 cm³/mol. The Bertz CT molecular complexity index is 468. The summed E-state index contributed by atoms with van der Waals surface area (Å²) in [5.41, 5.74) is 0.728. The molecule has 0 fully saturated rings. The number of nitrogens with zero attached hydrogens (tertiary/aromatic N) is 1. The molecular formula is C12H16N2O3S. The second-order valence-electron chi connectivity index (χ2n) is 4.05. The van der Waals surface area contributed by atoms with Gasteiger partial charge in [-0.05, 0) is 26.8 Å². The minimum absolute atomic E-state index is 0.318. The van der Waals surface area contributed by atoms with Crippen LogP contribution in [-0.4, -0.2) is 28.0 Å². The summed E-state index contributed by atoms with van der Waals surface area (Å²) in [4.78, 5) is 26.5. The molecule has 0 saturated carbocycles. The van der Waals surface area contributed by atoms with Gasteiger partial charge in [0.2, 0.25) is 5.91 Å². The second-order valence-corrected chi connectivity index (χ2v) is 5.11. The highest BCUT2D eigenvalue weighted by Crippen LogP contribution is 2.09. The van der Waals surface area contributed by atoms with E-state index in [9.17, 15) is 9.59 Å². The van der Waals surface area contributed by atoms with Gasteiger partial charge in [-0.2, -0.15) is 0 Å². The molecule has 1 aromatic heterocycles. The number of carboxylic acids is 1. The van der Waals surface area contributed by atoms with E-state index < -0.39 is 17.9 Å². The molecule has 98 valence electrons. The predicted octanol–water partition coefficient (Wildman–Crippen LogP) is 1.69. The van der Waals surface area contributed by atoms with Gasteiger partial charge in [0.1, 0.15) is 0 Å². The van der Waals surface area contributed by atoms with E-state index in [0.29, 0.717) is 0 Å². The molecule has 2 N–H and O–H groups in total. The zero-order valence-electron chi connectivity index (χ0n) is 10.5. The van der Waals surface area contributed by atoms with Crippen molar-refractivity contribution in [3.8, 4) is 0 Å². The summed E-state index contributed by atoms with van der Waals surface area (Å²) in [5, 5.41) is 14.2. The molecule has 6 heteroatoms. The zero-order chi connectivity index (χ0) is 13.7. The van der Waals surface area contributed by atoms with E-state index in [-0.39, 0.29) is 5.91 Å². The summed E-state index contributed by atoms with van der Waals surface area (Å²) in [6, 6.07) is -0.420. The highest BCUT2D eigenvalue weighted by atomic mass is 32.1. The largest absolute Gasteiger partial charge is 0.481 e. The summed E-state index contributed by atoms with van der Waals surface area (Å²) in [5.74, 6) is -1.87. The number of carbonyl (C=O) groups is 2. The van der Waals surface area contributed by atoms with E-state index in [2.05, 4.69) is 10.3 Å². The molecule has 0 aliphatic carbocycles. The number of thiazole rings is 1. The van der Waals surface area contributed by atoms with E-state index >= 15 is 0 Å². The van der Waals surface area contributed by atoms with E-state index in [0.717, 1.165) is 10.7 Å². The van der Waals surface area contributed by atoms with Crippen LogP contribution in [0.3, 0.4) is 0 Å². The van der Waals surface area contributed by atoms with Crippen LogP contribution >= 0.6 is 11.3 Å². The molecule has 1 rings (SSSR count). The lowest BCUT2D eigenvalue weighted by Crippen LogP contribution is -2.39. The van der Waals surface area contributed by atoms with Crippen LogP contribution in [0.1, 0.15) is 24.5 Å². The summed E-state index contributed by atoms with van der Waals surface area (Å²) in [6.07, 6.45) is 2.97. The molecular weight excluding hydrogens is 252 g/mol. The molecule has 0 radical (unpaired) electrons. The third-order valence-electron chi connectivity index (χ3n) is 2.55. The minimum Gasteiger partial charge on any atom is -0.481 e. The van der Waals surface area contributed by atoms with E-state index in [1.54, 1.807) is 19.9 Å². The van der Waals surface area contributed by atoms with Crippen molar-refractivity contribution in [2.24, 2.45) is 5.92 Å². The molecule has 0 aromatic carbocycles. The SMILES string of the molecule is Cc1nc(/C=C/C(=O)NC(C)C(C)C(=O)O)cs1. The van der Waals surface area contributed by atoms with Crippen LogP contribution < -0.4 is 5.32 Å². The van der Waals surface area contributed by atoms with Gasteiger partial charge in [-0.3, -0.25) is 9.59 Å². The molecule has 5 nitrogen and oxygen atoms in total. The summed E-state index contributed by atoms with van der Waals surface area (Å²) < 4.78 is 0. The molecule has 0 saturated heterocycles. The molecule has 1 aromatic rings. The lowest BCUT2D eigenvalue weighted by molar-refractivity contribution is -0.142. The first kappa shape index (κ1) is 14.4. The molecule has 1 amide bonds. The van der Waals surface area contributed by atoms with E-state index in [1.165, 1.54) is 17.4 Å². The first-order valence-electron chi connectivity index (χ1n) is 5.53. The van der Waals surface area contributed by atoms with E-state index in [4.69, 9.17) is 5.11 Å². The lowest BCUT2D eigenvalue weighted by atomic mass is 10.0. The number of amides is 1. The topological polar surface area (TPSA) is 79.3 Å². The fraction of sp³-hybridized carbons (Fsp3) is 0.417. The fourth-order valence-electron chi connectivity index (χ4n) is 1.23. The van der Waals surface area contributed by atoms with Gasteiger partial charge < -0.3 is 10.4 Å². The van der Waals surface area contributed by atoms with Crippen molar-refractivity contribution in [3.05, 3.63) is 22.2 Å². The normalized spacial score (nSPS) is 14.4. The number of hydrogen-bond donors (Lipinski definition) is 2. The number of aryl methyl sites for hydroxylation is 1. The number of nitrogens with one attached hydrogen (secondary N) is 1. The van der Waals surface area contributed by atoms with Crippen LogP contribution in [0, 0.1) is 12.8 Å². The number of aliphatic carboxylic acids is 1. The Morgan fingerprint density at radius 2 is 2.17 bits per heavy atom. The lowest BCUT2D eigenvalue weighted by Gasteiger charge is -2.16. The van der Waals surface area contributed by atoms with Gasteiger partial charge in [0.05, 0.1) is 16.6 Å². The zero-order valence-corrected chi connectivity index (χ0v) is 11.3. The summed E-state index contributed by atoms with van der Waals surface area (Å²) >= 11 is 1.51. The number of rotatable bonds is 5. The van der Waals surface area contributed by atoms with Crippen molar-refractivity contribution in [2.45, 2.75) is 26.8 Å². The highest BCUT2D eigenvalue weighted by Gasteiger charge is 2.19. The standard InChI is InChI=1S/C12H16N2O3S/c1-7(12(16)17)8(2)13-11(15)5-4-10-6-18-9(3)14-10/h4-8H,1-3H3,(H,13,15)(H,16,17)/b5-4+. The van der Waals surface area contributed by atoms with Crippen molar-refractivity contribution >= 4 is 29.3 Å². The van der Waals surface area contributed by atoms with Crippen molar-refractivity contribution in [3.63, 3.8) is 0 Å². The highest BCUT2D eigenvalue weighted by molar-refractivity contribution is 7.09. The Kier molecular flexibility index (Phi) is 5.03. The first-order valence-corrected chi connectivity index (χ1v) is 6.41. The van der Waals surface area contributed by atoms with E-state index in [1.807, 2.05) is 12.3 Å². The number of carboxylic acid groups (broad SMARTS) is 1. The van der Waals surface area contributed by atoms with Gasteiger partial charge in [-0.1, -0.05) is 0 Å². The Labute approximate surface area is 110 Å². The molecule has 2 unspecified atom stereocenters. The van der Waals surface area contributed by atoms with Crippen LogP contribution in [0.5, 0.6) is 0 Å². The molecule has 1 heterocycles. The molecule has 18 heavy (non-hydrogen) atoms. The Morgan fingerprint density at radius 1 is 1.50 bits per heavy atom. The number of hydrogen-bond acceptors (Lipinski definition) is 4. The monoisotopic (exact) mass is 268 g/mol. The summed E-state index contributed by atoms with van der Waals surface area (Å²) in [6.45, 7) is 5.11. The van der Waals surface area contributed by atoms with Gasteiger partial charge in [0, 0.05) is 17.5 Å². The number of aromatic nitrogens is 1. The number of carbonyl (C=O) groups excluding carboxylic acids is 1. The quantitative estimate of drug-likeness (QED) is 0.796. The maximum absolute atomic E-state index is 11.5. The van der Waals surface area contributed by atoms with Crippen LogP contribution in [0.25, 0.3) is 6.08 Å². The maximum atomic E-state index is 11.5. The third kappa shape index (κ3) is 4.29. The van der Waals surface area contributed by atoms with Crippen molar-refractivity contribution < 1.29 is 14.7 Å². The van der Waals surface area contributed by atoms with Gasteiger partial charge in [-0.25, -0.2) is 4.98 Å². The average molecular weight is 268 g/mol. The minimum atomic E-state index is -0.929. The Morgan fingerprint density at radius 3 is 2.67 bits per heavy atom.